The molecule has 0 heterocycles. The molecule has 0 N–H and O–H groups in total. The van der Waals surface area contributed by atoms with Crippen LogP contribution in [-0.2, 0) is 0 Å². The largest absolute Gasteiger partial charge is 0.305 e. The first-order chi connectivity index (χ1) is 5.79. The summed E-state index contributed by atoms with van der Waals surface area (Å²) in [6.45, 7) is 6.89. The predicted molar refractivity (Wildman–Crippen MR) is 57.5 cm³/mol. The van der Waals surface area contributed by atoms with Crippen molar-refractivity contribution in [3.05, 3.63) is 29.8 Å². The molecule has 64 valence electrons. The Morgan fingerprint density at radius 3 is 2.17 bits per heavy atom. The second kappa shape index (κ2) is 4.70. The highest BCUT2D eigenvalue weighted by Gasteiger charge is 2.15. The van der Waals surface area contributed by atoms with Gasteiger partial charge in [-0.2, -0.15) is 0 Å². The predicted octanol–water partition coefficient (Wildman–Crippen LogP) is 2.74. The van der Waals surface area contributed by atoms with Crippen LogP contribution in [-0.4, -0.2) is 14.1 Å². The smallest absolute Gasteiger partial charge is 0.108 e. The van der Waals surface area contributed by atoms with Gasteiger partial charge in [0.1, 0.15) is 0 Å². The lowest BCUT2D eigenvalue weighted by Gasteiger charge is -2.09. The van der Waals surface area contributed by atoms with E-state index in [1.54, 1.807) is 4.43 Å². The van der Waals surface area contributed by atoms with Crippen LogP contribution in [0, 0.1) is 6.92 Å². The molecular formula is C11H17Al. The van der Waals surface area contributed by atoms with E-state index in [-0.39, 0.29) is 0 Å². The quantitative estimate of drug-likeness (QED) is 0.621. The van der Waals surface area contributed by atoms with Gasteiger partial charge in [-0.3, -0.25) is 0 Å². The maximum atomic E-state index is 2.33. The first-order valence-electron chi connectivity index (χ1n) is 4.85. The Hall–Kier alpha value is -0.248. The highest BCUT2D eigenvalue weighted by Crippen LogP contribution is 2.03. The molecule has 1 rings (SSSR count). The van der Waals surface area contributed by atoms with Gasteiger partial charge in [0.15, 0.2) is 0 Å². The lowest BCUT2D eigenvalue weighted by atomic mass is 10.2. The van der Waals surface area contributed by atoms with Crippen LogP contribution in [0.15, 0.2) is 24.3 Å². The number of benzene rings is 1. The number of hydrogen-bond acceptors (Lipinski definition) is 0. The van der Waals surface area contributed by atoms with Gasteiger partial charge in [-0.25, -0.2) is 0 Å². The maximum Gasteiger partial charge on any atom is 0.305 e. The van der Waals surface area contributed by atoms with E-state index in [9.17, 15) is 0 Å². The lowest BCUT2D eigenvalue weighted by Crippen LogP contribution is -2.30. The van der Waals surface area contributed by atoms with E-state index in [1.807, 2.05) is 0 Å². The number of aryl methyl sites for hydroxylation is 1. The van der Waals surface area contributed by atoms with Crippen LogP contribution in [0.1, 0.15) is 19.4 Å². The molecule has 0 amide bonds. The summed E-state index contributed by atoms with van der Waals surface area (Å²) in [5.41, 5.74) is 1.50. The van der Waals surface area contributed by atoms with Crippen molar-refractivity contribution in [1.29, 1.82) is 0 Å². The fourth-order valence-corrected chi connectivity index (χ4v) is 4.35. The third-order valence-electron chi connectivity index (χ3n) is 2.61. The van der Waals surface area contributed by atoms with E-state index < -0.39 is 14.1 Å². The van der Waals surface area contributed by atoms with Crippen molar-refractivity contribution < 1.29 is 0 Å². The van der Waals surface area contributed by atoms with E-state index in [4.69, 9.17) is 0 Å². The lowest BCUT2D eigenvalue weighted by molar-refractivity contribution is 1.32. The van der Waals surface area contributed by atoms with Gasteiger partial charge in [0.25, 0.3) is 0 Å². The minimum absolute atomic E-state index is 0.590. The van der Waals surface area contributed by atoms with Gasteiger partial charge in [-0.15, -0.1) is 4.43 Å². The van der Waals surface area contributed by atoms with E-state index >= 15 is 0 Å². The molecule has 0 fully saturated rings. The molecule has 0 atom stereocenters. The molecular weight excluding hydrogens is 159 g/mol. The first kappa shape index (κ1) is 9.84. The summed E-state index contributed by atoms with van der Waals surface area (Å²) in [6.07, 6.45) is 0. The molecule has 1 aromatic rings. The van der Waals surface area contributed by atoms with Gasteiger partial charge in [0.05, 0.1) is 0 Å². The molecule has 1 heteroatoms. The summed E-state index contributed by atoms with van der Waals surface area (Å²) in [4.78, 5) is 0. The molecule has 0 aliphatic heterocycles. The molecule has 0 nitrogen and oxygen atoms in total. The van der Waals surface area contributed by atoms with Gasteiger partial charge in [0.2, 0.25) is 0 Å². The number of hydrogen-bond donors (Lipinski definition) is 0. The van der Waals surface area contributed by atoms with Crippen LogP contribution in [0.3, 0.4) is 0 Å². The summed E-state index contributed by atoms with van der Waals surface area (Å²) in [5.74, 6) is 0. The third kappa shape index (κ3) is 2.12. The van der Waals surface area contributed by atoms with E-state index in [2.05, 4.69) is 45.0 Å². The average Bonchev–Trinajstić information content (AvgIpc) is 2.10. The summed E-state index contributed by atoms with van der Waals surface area (Å²) in [5, 5.41) is 2.78. The zero-order valence-corrected chi connectivity index (χ0v) is 9.46. The topological polar surface area (TPSA) is 0 Å². The van der Waals surface area contributed by atoms with E-state index in [0.29, 0.717) is 0 Å². The Labute approximate surface area is 80.0 Å². The van der Waals surface area contributed by atoms with Crippen LogP contribution in [0.25, 0.3) is 0 Å². The molecule has 0 aliphatic rings. The van der Waals surface area contributed by atoms with Gasteiger partial charge in [-0.1, -0.05) is 54.2 Å². The van der Waals surface area contributed by atoms with Crippen LogP contribution < -0.4 is 4.43 Å². The fourth-order valence-electron chi connectivity index (χ4n) is 1.77. The zero-order chi connectivity index (χ0) is 8.97. The normalized spacial score (nSPS) is 9.92. The standard InChI is InChI=1S/C7H7.2C2H5.Al/c1-7-5-3-2-4-6-7;2*1-2;/h2-5H,1H3;2*1H2,2H3;. The Balaban J connectivity index is 2.92. The molecule has 0 unspecified atom stereocenters. The van der Waals surface area contributed by atoms with Crippen LogP contribution in [0.2, 0.25) is 10.6 Å². The minimum atomic E-state index is -0.590. The van der Waals surface area contributed by atoms with Crippen molar-refractivity contribution in [1.82, 2.24) is 0 Å². The average molecular weight is 176 g/mol. The summed E-state index contributed by atoms with van der Waals surface area (Å²) >= 11 is -0.590. The fraction of sp³-hybridized carbons (Fsp3) is 0.455. The van der Waals surface area contributed by atoms with E-state index in [0.717, 1.165) is 0 Å². The second-order valence-electron chi connectivity index (χ2n) is 3.37. The minimum Gasteiger partial charge on any atom is -0.108 e. The van der Waals surface area contributed by atoms with Gasteiger partial charge in [-0.05, 0) is 6.92 Å². The van der Waals surface area contributed by atoms with Gasteiger partial charge in [0, 0.05) is 0 Å². The van der Waals surface area contributed by atoms with Crippen molar-refractivity contribution in [2.24, 2.45) is 0 Å². The second-order valence-corrected chi connectivity index (χ2v) is 7.02. The molecule has 0 saturated heterocycles. The molecule has 0 radical (unpaired) electrons. The molecule has 0 bridgehead atoms. The van der Waals surface area contributed by atoms with Gasteiger partial charge >= 0.3 is 14.1 Å². The molecule has 12 heavy (non-hydrogen) atoms. The SMILES string of the molecule is C[CH2][Al]([CH2]C)[c]1ccccc1C. The van der Waals surface area contributed by atoms with Crippen LogP contribution in [0.5, 0.6) is 0 Å². The monoisotopic (exact) mass is 176 g/mol. The zero-order valence-electron chi connectivity index (χ0n) is 8.30. The van der Waals surface area contributed by atoms with Gasteiger partial charge < -0.3 is 0 Å². The Morgan fingerprint density at radius 1 is 1.08 bits per heavy atom. The highest BCUT2D eigenvalue weighted by atomic mass is 27.2. The van der Waals surface area contributed by atoms with Crippen LogP contribution >= 0.6 is 0 Å². The maximum absolute atomic E-state index is 2.33. The summed E-state index contributed by atoms with van der Waals surface area (Å²) in [6, 6.07) is 8.86. The van der Waals surface area contributed by atoms with Crippen molar-refractivity contribution in [2.75, 3.05) is 0 Å². The van der Waals surface area contributed by atoms with Crippen LogP contribution in [0.4, 0.5) is 0 Å². The first-order valence-corrected chi connectivity index (χ1v) is 7.06. The molecule has 1 aromatic carbocycles. The van der Waals surface area contributed by atoms with Crippen molar-refractivity contribution in [3.8, 4) is 0 Å². The Bertz CT molecular complexity index is 239. The molecule has 0 spiro atoms. The van der Waals surface area contributed by atoms with Crippen molar-refractivity contribution in [3.63, 3.8) is 0 Å². The van der Waals surface area contributed by atoms with Crippen molar-refractivity contribution >= 4 is 18.6 Å². The molecule has 0 saturated carbocycles. The molecule has 0 aliphatic carbocycles. The summed E-state index contributed by atoms with van der Waals surface area (Å²) in [7, 11) is 0. The Kier molecular flexibility index (Phi) is 3.85. The highest BCUT2D eigenvalue weighted by molar-refractivity contribution is 6.73. The van der Waals surface area contributed by atoms with Crippen molar-refractivity contribution in [2.45, 2.75) is 31.3 Å². The number of rotatable bonds is 3. The third-order valence-corrected chi connectivity index (χ3v) is 6.11. The summed E-state index contributed by atoms with van der Waals surface area (Å²) < 4.78 is 1.67. The van der Waals surface area contributed by atoms with E-state index in [1.165, 1.54) is 16.1 Å². The molecule has 0 aromatic heterocycles. The Morgan fingerprint density at radius 2 is 1.67 bits per heavy atom.